The van der Waals surface area contributed by atoms with Gasteiger partial charge in [0.15, 0.2) is 5.13 Å². The molecule has 1 heterocycles. The number of benzene rings is 2. The van der Waals surface area contributed by atoms with Gasteiger partial charge in [-0.15, -0.1) is 0 Å². The lowest BCUT2D eigenvalue weighted by atomic mass is 10.1. The fraction of sp³-hybridized carbons (Fsp3) is 0.333. The van der Waals surface area contributed by atoms with Crippen LogP contribution in [0.2, 0.25) is 5.02 Å². The van der Waals surface area contributed by atoms with Crippen molar-refractivity contribution >= 4 is 44.2 Å². The summed E-state index contributed by atoms with van der Waals surface area (Å²) in [5.74, 6) is 1.51. The molecule has 0 saturated heterocycles. The van der Waals surface area contributed by atoms with Crippen LogP contribution >= 0.6 is 22.9 Å². The maximum atomic E-state index is 12.2. The van der Waals surface area contributed by atoms with Gasteiger partial charge in [-0.05, 0) is 68.7 Å². The molecule has 1 amide bonds. The molecule has 1 aromatic heterocycles. The van der Waals surface area contributed by atoms with Crippen molar-refractivity contribution in [2.75, 3.05) is 18.5 Å². The minimum Gasteiger partial charge on any atom is -0.494 e. The zero-order valence-corrected chi connectivity index (χ0v) is 17.7. The largest absolute Gasteiger partial charge is 0.494 e. The monoisotopic (exact) mass is 418 g/mol. The highest BCUT2D eigenvalue weighted by atomic mass is 35.5. The first-order chi connectivity index (χ1) is 13.5. The van der Waals surface area contributed by atoms with Gasteiger partial charge >= 0.3 is 0 Å². The number of hydrogen-bond donors (Lipinski definition) is 1. The van der Waals surface area contributed by atoms with E-state index in [-0.39, 0.29) is 5.91 Å². The highest BCUT2D eigenvalue weighted by molar-refractivity contribution is 7.22. The molecule has 3 aromatic rings. The second-order valence-corrected chi connectivity index (χ2v) is 7.86. The van der Waals surface area contributed by atoms with E-state index in [0.29, 0.717) is 31.2 Å². The van der Waals surface area contributed by atoms with E-state index in [4.69, 9.17) is 21.1 Å². The Hall–Kier alpha value is -2.31. The third-order valence-corrected chi connectivity index (χ3v) is 5.67. The number of halogens is 1. The van der Waals surface area contributed by atoms with Crippen molar-refractivity contribution in [3.8, 4) is 11.5 Å². The summed E-state index contributed by atoms with van der Waals surface area (Å²) in [6.45, 7) is 6.92. The van der Waals surface area contributed by atoms with Crippen LogP contribution in [0, 0.1) is 13.8 Å². The SMILES string of the molecule is CCOc1ccc2nc(NC(=O)CCCOc3cc(C)c(Cl)c(C)c3)sc2c1. The van der Waals surface area contributed by atoms with Crippen molar-refractivity contribution in [2.45, 2.75) is 33.6 Å². The number of hydrogen-bond acceptors (Lipinski definition) is 5. The Kier molecular flexibility index (Phi) is 6.75. The summed E-state index contributed by atoms with van der Waals surface area (Å²) in [7, 11) is 0. The molecule has 0 aliphatic heterocycles. The van der Waals surface area contributed by atoms with Crippen molar-refractivity contribution in [1.29, 1.82) is 0 Å². The van der Waals surface area contributed by atoms with Gasteiger partial charge in [-0.25, -0.2) is 4.98 Å². The first-order valence-electron chi connectivity index (χ1n) is 9.19. The molecule has 0 radical (unpaired) electrons. The summed E-state index contributed by atoms with van der Waals surface area (Å²) in [6, 6.07) is 9.54. The van der Waals surface area contributed by atoms with Crippen LogP contribution in [0.5, 0.6) is 11.5 Å². The van der Waals surface area contributed by atoms with Crippen LogP contribution in [0.1, 0.15) is 30.9 Å². The zero-order valence-electron chi connectivity index (χ0n) is 16.2. The molecule has 0 atom stereocenters. The van der Waals surface area contributed by atoms with E-state index in [1.54, 1.807) is 0 Å². The molecule has 3 rings (SSSR count). The molecule has 1 N–H and O–H groups in total. The van der Waals surface area contributed by atoms with Gasteiger partial charge in [0.2, 0.25) is 5.91 Å². The summed E-state index contributed by atoms with van der Waals surface area (Å²) >= 11 is 7.60. The Bertz CT molecular complexity index is 964. The predicted molar refractivity (Wildman–Crippen MR) is 115 cm³/mol. The molecule has 7 heteroatoms. The Labute approximate surface area is 173 Å². The van der Waals surface area contributed by atoms with Crippen LogP contribution < -0.4 is 14.8 Å². The van der Waals surface area contributed by atoms with Gasteiger partial charge in [0.25, 0.3) is 0 Å². The van der Waals surface area contributed by atoms with Crippen molar-refractivity contribution in [2.24, 2.45) is 0 Å². The highest BCUT2D eigenvalue weighted by Crippen LogP contribution is 2.29. The second kappa shape index (κ2) is 9.26. The lowest BCUT2D eigenvalue weighted by Crippen LogP contribution is -2.12. The molecular formula is C21H23ClN2O3S. The highest BCUT2D eigenvalue weighted by Gasteiger charge is 2.09. The van der Waals surface area contributed by atoms with Gasteiger partial charge in [0.1, 0.15) is 11.5 Å². The first kappa shape index (κ1) is 20.4. The number of aryl methyl sites for hydroxylation is 2. The maximum absolute atomic E-state index is 12.2. The third-order valence-electron chi connectivity index (χ3n) is 4.14. The molecule has 0 saturated carbocycles. The van der Waals surface area contributed by atoms with Gasteiger partial charge in [0, 0.05) is 11.4 Å². The van der Waals surface area contributed by atoms with Gasteiger partial charge in [-0.1, -0.05) is 22.9 Å². The summed E-state index contributed by atoms with van der Waals surface area (Å²) in [4.78, 5) is 16.6. The lowest BCUT2D eigenvalue weighted by Gasteiger charge is -2.09. The Morgan fingerprint density at radius 1 is 1.14 bits per heavy atom. The summed E-state index contributed by atoms with van der Waals surface area (Å²) < 4.78 is 12.2. The third kappa shape index (κ3) is 5.14. The molecule has 0 fully saturated rings. The molecule has 28 heavy (non-hydrogen) atoms. The number of fused-ring (bicyclic) bond motifs is 1. The van der Waals surface area contributed by atoms with Crippen LogP contribution in [-0.2, 0) is 4.79 Å². The van der Waals surface area contributed by atoms with E-state index in [1.165, 1.54) is 11.3 Å². The molecule has 148 valence electrons. The topological polar surface area (TPSA) is 60.5 Å². The van der Waals surface area contributed by atoms with E-state index >= 15 is 0 Å². The molecule has 0 bridgehead atoms. The van der Waals surface area contributed by atoms with Gasteiger partial charge in [-0.2, -0.15) is 0 Å². The van der Waals surface area contributed by atoms with E-state index in [9.17, 15) is 4.79 Å². The van der Waals surface area contributed by atoms with E-state index in [0.717, 1.165) is 37.9 Å². The number of amides is 1. The number of nitrogens with one attached hydrogen (secondary N) is 1. The lowest BCUT2D eigenvalue weighted by molar-refractivity contribution is -0.116. The average molecular weight is 419 g/mol. The number of aromatic nitrogens is 1. The van der Waals surface area contributed by atoms with Crippen LogP contribution in [0.15, 0.2) is 30.3 Å². The number of carbonyl (C=O) groups is 1. The van der Waals surface area contributed by atoms with Gasteiger partial charge < -0.3 is 14.8 Å². The summed E-state index contributed by atoms with van der Waals surface area (Å²) in [6.07, 6.45) is 0.984. The molecule has 0 unspecified atom stereocenters. The zero-order chi connectivity index (χ0) is 20.1. The van der Waals surface area contributed by atoms with Crippen LogP contribution in [0.4, 0.5) is 5.13 Å². The van der Waals surface area contributed by atoms with Crippen LogP contribution in [0.25, 0.3) is 10.2 Å². The van der Waals surface area contributed by atoms with Crippen LogP contribution in [0.3, 0.4) is 0 Å². The number of nitrogens with zero attached hydrogens (tertiary/aromatic N) is 1. The maximum Gasteiger partial charge on any atom is 0.226 e. The molecule has 0 aliphatic carbocycles. The fourth-order valence-corrected chi connectivity index (χ4v) is 3.83. The minimum absolute atomic E-state index is 0.0730. The molecular weight excluding hydrogens is 396 g/mol. The van der Waals surface area contributed by atoms with Crippen LogP contribution in [-0.4, -0.2) is 24.1 Å². The van der Waals surface area contributed by atoms with Gasteiger partial charge in [-0.3, -0.25) is 4.79 Å². The Balaban J connectivity index is 1.48. The molecule has 0 spiro atoms. The number of rotatable bonds is 8. The van der Waals surface area contributed by atoms with Crippen molar-refractivity contribution in [3.05, 3.63) is 46.5 Å². The van der Waals surface area contributed by atoms with Crippen molar-refractivity contribution < 1.29 is 14.3 Å². The quantitative estimate of drug-likeness (QED) is 0.472. The average Bonchev–Trinajstić information content (AvgIpc) is 3.05. The summed E-state index contributed by atoms with van der Waals surface area (Å²) in [5.41, 5.74) is 2.82. The smallest absolute Gasteiger partial charge is 0.226 e. The first-order valence-corrected chi connectivity index (χ1v) is 10.4. The predicted octanol–water partition coefficient (Wildman–Crippen LogP) is 5.76. The number of thiazole rings is 1. The van der Waals surface area contributed by atoms with Crippen molar-refractivity contribution in [3.63, 3.8) is 0 Å². The van der Waals surface area contributed by atoms with E-state index in [2.05, 4.69) is 10.3 Å². The number of carbonyl (C=O) groups excluding carboxylic acids is 1. The molecule has 0 aliphatic rings. The summed E-state index contributed by atoms with van der Waals surface area (Å²) in [5, 5.41) is 4.22. The Morgan fingerprint density at radius 3 is 2.61 bits per heavy atom. The second-order valence-electron chi connectivity index (χ2n) is 6.45. The van der Waals surface area contributed by atoms with Gasteiger partial charge in [0.05, 0.1) is 23.4 Å². The molecule has 2 aromatic carbocycles. The number of anilines is 1. The van der Waals surface area contributed by atoms with E-state index in [1.807, 2.05) is 51.1 Å². The fourth-order valence-electron chi connectivity index (χ4n) is 2.81. The van der Waals surface area contributed by atoms with Crippen molar-refractivity contribution in [1.82, 2.24) is 4.98 Å². The van der Waals surface area contributed by atoms with E-state index < -0.39 is 0 Å². The standard InChI is InChI=1S/C21H23ClN2O3S/c1-4-26-15-7-8-17-18(12-15)28-21(23-17)24-19(25)6-5-9-27-16-10-13(2)20(22)14(3)11-16/h7-8,10-12H,4-6,9H2,1-3H3,(H,23,24,25). The number of ether oxygens (including phenoxy) is 2. The Morgan fingerprint density at radius 2 is 1.89 bits per heavy atom. The molecule has 5 nitrogen and oxygen atoms in total. The minimum atomic E-state index is -0.0730. The normalized spacial score (nSPS) is 10.9.